The normalized spacial score (nSPS) is 12.1. The average Bonchev–Trinajstić information content (AvgIpc) is 2.52. The molecule has 0 aliphatic rings. The predicted octanol–water partition coefficient (Wildman–Crippen LogP) is 4.51. The summed E-state index contributed by atoms with van der Waals surface area (Å²) in [5.41, 5.74) is -0.546. The minimum Gasteiger partial charge on any atom is -0.444 e. The molecule has 25 heavy (non-hydrogen) atoms. The van der Waals surface area contributed by atoms with Crippen molar-refractivity contribution >= 4 is 17.7 Å². The monoisotopic (exact) mass is 351 g/mol. The smallest absolute Gasteiger partial charge is 0.407 e. The first kappa shape index (κ1) is 23.1. The maximum atomic E-state index is 12.0. The molecule has 0 atom stereocenters. The fourth-order valence-electron chi connectivity index (χ4n) is 2.02. The first-order chi connectivity index (χ1) is 11.7. The second-order valence-corrected chi connectivity index (χ2v) is 6.94. The van der Waals surface area contributed by atoms with Crippen LogP contribution >= 0.6 is 0 Å². The Kier molecular flexibility index (Phi) is 11.5. The van der Waals surface area contributed by atoms with Crippen LogP contribution in [-0.4, -0.2) is 29.3 Å². The van der Waals surface area contributed by atoms with Crippen molar-refractivity contribution in [1.29, 1.82) is 0 Å². The number of hydrogen-bond acceptors (Lipinski definition) is 4. The number of ketones is 2. The van der Waals surface area contributed by atoms with Crippen molar-refractivity contribution in [3.63, 3.8) is 0 Å². The van der Waals surface area contributed by atoms with Gasteiger partial charge in [0.2, 0.25) is 0 Å². The Bertz CT molecular complexity index is 456. The van der Waals surface area contributed by atoms with Crippen molar-refractivity contribution in [2.24, 2.45) is 0 Å². The Labute approximate surface area is 151 Å². The molecule has 0 aromatic heterocycles. The lowest BCUT2D eigenvalue weighted by molar-refractivity contribution is -0.115. The lowest BCUT2D eigenvalue weighted by Gasteiger charge is -2.23. The molecule has 0 aromatic carbocycles. The number of ether oxygens (including phenoxy) is 1. The van der Waals surface area contributed by atoms with Crippen LogP contribution in [0.5, 0.6) is 0 Å². The Morgan fingerprint density at radius 2 is 1.36 bits per heavy atom. The van der Waals surface area contributed by atoms with Crippen LogP contribution < -0.4 is 5.32 Å². The maximum Gasteiger partial charge on any atom is 0.407 e. The molecule has 0 fully saturated rings. The van der Waals surface area contributed by atoms with Gasteiger partial charge in [0.25, 0.3) is 0 Å². The zero-order valence-electron chi connectivity index (χ0n) is 16.3. The van der Waals surface area contributed by atoms with Crippen molar-refractivity contribution in [2.45, 2.75) is 84.8 Å². The van der Waals surface area contributed by atoms with Crippen LogP contribution in [-0.2, 0) is 14.3 Å². The molecule has 0 saturated carbocycles. The molecule has 1 amide bonds. The van der Waals surface area contributed by atoms with Gasteiger partial charge < -0.3 is 10.1 Å². The summed E-state index contributed by atoms with van der Waals surface area (Å²) in [4.78, 5) is 34.5. The molecule has 0 bridgehead atoms. The predicted molar refractivity (Wildman–Crippen MR) is 101 cm³/mol. The van der Waals surface area contributed by atoms with Gasteiger partial charge in [0.1, 0.15) is 5.60 Å². The number of allylic oxidation sites excluding steroid dienone is 4. The second kappa shape index (κ2) is 12.5. The Morgan fingerprint density at radius 3 is 1.72 bits per heavy atom. The van der Waals surface area contributed by atoms with Crippen LogP contribution in [0.4, 0.5) is 4.79 Å². The van der Waals surface area contributed by atoms with Crippen LogP contribution in [0.25, 0.3) is 0 Å². The first-order valence-corrected chi connectivity index (χ1v) is 9.06. The summed E-state index contributed by atoms with van der Waals surface area (Å²) in [6, 6.07) is -0.0717. The molecule has 0 spiro atoms. The highest BCUT2D eigenvalue weighted by Crippen LogP contribution is 2.11. The SMILES string of the molecule is CCC(=O)/C=C/CCC(CC/C=C/C(=O)CC)NC(=O)OC(C)(C)C. The molecule has 0 unspecified atom stereocenters. The topological polar surface area (TPSA) is 72.5 Å². The minimum atomic E-state index is -0.546. The number of hydrogen-bond donors (Lipinski definition) is 1. The lowest BCUT2D eigenvalue weighted by atomic mass is 10.0. The van der Waals surface area contributed by atoms with Crippen molar-refractivity contribution in [2.75, 3.05) is 0 Å². The van der Waals surface area contributed by atoms with E-state index in [-0.39, 0.29) is 17.6 Å². The van der Waals surface area contributed by atoms with Crippen molar-refractivity contribution in [1.82, 2.24) is 5.32 Å². The molecule has 5 heteroatoms. The van der Waals surface area contributed by atoms with Crippen molar-refractivity contribution < 1.29 is 19.1 Å². The summed E-state index contributed by atoms with van der Waals surface area (Å²) < 4.78 is 5.30. The Morgan fingerprint density at radius 1 is 0.920 bits per heavy atom. The van der Waals surface area contributed by atoms with Crippen molar-refractivity contribution in [3.05, 3.63) is 24.3 Å². The van der Waals surface area contributed by atoms with Gasteiger partial charge in [0.15, 0.2) is 11.6 Å². The fraction of sp³-hybridized carbons (Fsp3) is 0.650. The molecule has 0 rings (SSSR count). The molecule has 0 radical (unpaired) electrons. The molecule has 0 aliphatic carbocycles. The van der Waals surface area contributed by atoms with Gasteiger partial charge >= 0.3 is 6.09 Å². The highest BCUT2D eigenvalue weighted by molar-refractivity contribution is 5.89. The molecule has 5 nitrogen and oxygen atoms in total. The lowest BCUT2D eigenvalue weighted by Crippen LogP contribution is -2.39. The van der Waals surface area contributed by atoms with E-state index in [1.54, 1.807) is 12.2 Å². The Balaban J connectivity index is 4.56. The van der Waals surface area contributed by atoms with E-state index in [0.717, 1.165) is 0 Å². The molecular weight excluding hydrogens is 318 g/mol. The van der Waals surface area contributed by atoms with Gasteiger partial charge in [-0.3, -0.25) is 9.59 Å². The molecule has 0 aliphatic heterocycles. The number of amides is 1. The third-order valence-electron chi connectivity index (χ3n) is 3.39. The van der Waals surface area contributed by atoms with Gasteiger partial charge in [-0.1, -0.05) is 26.0 Å². The summed E-state index contributed by atoms with van der Waals surface area (Å²) in [5, 5.41) is 2.88. The zero-order valence-corrected chi connectivity index (χ0v) is 16.3. The van der Waals surface area contributed by atoms with E-state index in [1.807, 2.05) is 46.8 Å². The van der Waals surface area contributed by atoms with Gasteiger partial charge in [0.05, 0.1) is 0 Å². The molecule has 0 saturated heterocycles. The fourth-order valence-corrected chi connectivity index (χ4v) is 2.02. The number of nitrogens with one attached hydrogen (secondary N) is 1. The third-order valence-corrected chi connectivity index (χ3v) is 3.39. The van der Waals surface area contributed by atoms with Crippen LogP contribution in [0.1, 0.15) is 73.1 Å². The standard InChI is InChI=1S/C20H33NO4/c1-6-17(22)14-10-8-12-16(13-9-11-15-18(23)7-2)21-19(24)25-20(3,4)5/h10-11,14-16H,6-9,12-13H2,1-5H3,(H,21,24)/b14-10+,15-11+. The van der Waals surface area contributed by atoms with Crippen LogP contribution in [0.2, 0.25) is 0 Å². The van der Waals surface area contributed by atoms with E-state index in [1.165, 1.54) is 0 Å². The van der Waals surface area contributed by atoms with Crippen LogP contribution in [0, 0.1) is 0 Å². The quantitative estimate of drug-likeness (QED) is 0.556. The van der Waals surface area contributed by atoms with E-state index >= 15 is 0 Å². The first-order valence-electron chi connectivity index (χ1n) is 9.06. The molecule has 0 aromatic rings. The van der Waals surface area contributed by atoms with Gasteiger partial charge in [0, 0.05) is 18.9 Å². The highest BCUT2D eigenvalue weighted by atomic mass is 16.6. The van der Waals surface area contributed by atoms with E-state index in [2.05, 4.69) is 5.32 Å². The minimum absolute atomic E-state index is 0.0717. The van der Waals surface area contributed by atoms with Gasteiger partial charge in [-0.25, -0.2) is 4.79 Å². The van der Waals surface area contributed by atoms with E-state index in [9.17, 15) is 14.4 Å². The summed E-state index contributed by atoms with van der Waals surface area (Å²) in [6.07, 6.45) is 10.2. The third kappa shape index (κ3) is 14.2. The summed E-state index contributed by atoms with van der Waals surface area (Å²) in [5.74, 6) is 0.190. The molecule has 0 heterocycles. The van der Waals surface area contributed by atoms with Gasteiger partial charge in [-0.15, -0.1) is 0 Å². The highest BCUT2D eigenvalue weighted by Gasteiger charge is 2.18. The van der Waals surface area contributed by atoms with Crippen LogP contribution in [0.3, 0.4) is 0 Å². The number of rotatable bonds is 11. The summed E-state index contributed by atoms with van der Waals surface area (Å²) >= 11 is 0. The van der Waals surface area contributed by atoms with Gasteiger partial charge in [-0.2, -0.15) is 0 Å². The number of carbonyl (C=O) groups is 3. The van der Waals surface area contributed by atoms with Crippen molar-refractivity contribution in [3.8, 4) is 0 Å². The maximum absolute atomic E-state index is 12.0. The molecule has 1 N–H and O–H groups in total. The van der Waals surface area contributed by atoms with E-state index in [0.29, 0.717) is 38.5 Å². The second-order valence-electron chi connectivity index (χ2n) is 6.94. The summed E-state index contributed by atoms with van der Waals surface area (Å²) in [7, 11) is 0. The number of alkyl carbamates (subject to hydrolysis) is 1. The van der Waals surface area contributed by atoms with Crippen LogP contribution in [0.15, 0.2) is 24.3 Å². The summed E-state index contributed by atoms with van der Waals surface area (Å²) in [6.45, 7) is 9.10. The molecule has 142 valence electrons. The van der Waals surface area contributed by atoms with E-state index < -0.39 is 11.7 Å². The largest absolute Gasteiger partial charge is 0.444 e. The number of carbonyl (C=O) groups excluding carboxylic acids is 3. The Hall–Kier alpha value is -1.91. The van der Waals surface area contributed by atoms with Gasteiger partial charge in [-0.05, 0) is 58.6 Å². The zero-order chi connectivity index (χ0) is 19.3. The average molecular weight is 351 g/mol. The molecular formula is C20H33NO4. The van der Waals surface area contributed by atoms with E-state index in [4.69, 9.17) is 4.74 Å².